The highest BCUT2D eigenvalue weighted by Crippen LogP contribution is 2.43. The van der Waals surface area contributed by atoms with E-state index in [4.69, 9.17) is 15.0 Å². The predicted octanol–water partition coefficient (Wildman–Crippen LogP) is 5.35. The highest BCUT2D eigenvalue weighted by Gasteiger charge is 2.41. The molecule has 1 aromatic carbocycles. The quantitative estimate of drug-likeness (QED) is 0.371. The molecule has 2 aromatic heterocycles. The normalized spacial score (nSPS) is 18.3. The number of methoxy groups -OCH3 is 1. The molecule has 1 atom stereocenters. The van der Waals surface area contributed by atoms with E-state index in [-0.39, 0.29) is 24.0 Å². The second-order valence-corrected chi connectivity index (χ2v) is 9.51. The molecule has 0 radical (unpaired) electrons. The van der Waals surface area contributed by atoms with E-state index in [1.807, 2.05) is 0 Å². The number of hydrogen-bond donors (Lipinski definition) is 3. The first-order valence-electron chi connectivity index (χ1n) is 11.8. The number of hydrogen-bond acceptors (Lipinski definition) is 8. The highest BCUT2D eigenvalue weighted by atomic mass is 19.1. The van der Waals surface area contributed by atoms with Crippen molar-refractivity contribution < 1.29 is 18.3 Å². The van der Waals surface area contributed by atoms with Gasteiger partial charge in [0.1, 0.15) is 17.4 Å². The standard InChI is InChI=1S/C24H29F2N7O2/c1-14(25)10-28-19-9-15(3-4-18(19)31-27)20-17(26)11-33-21(20)22(34-2)30-23(32-33)29-16-5-7-24(8-6-16)12-35-13-24/h3-4,9,11,14,16,27-28H,5-8,10,12-13H2,1-2H3,(H,29,32)/t14-/m1/s1. The van der Waals surface area contributed by atoms with Gasteiger partial charge in [-0.25, -0.2) is 18.8 Å². The molecule has 3 aromatic rings. The van der Waals surface area contributed by atoms with Gasteiger partial charge in [0.05, 0.1) is 37.8 Å². The molecule has 11 heteroatoms. The van der Waals surface area contributed by atoms with Crippen LogP contribution in [0.1, 0.15) is 32.6 Å². The number of ether oxygens (including phenoxy) is 2. The van der Waals surface area contributed by atoms with Crippen LogP contribution < -0.4 is 15.4 Å². The lowest BCUT2D eigenvalue weighted by atomic mass is 9.71. The molecule has 1 saturated carbocycles. The molecule has 35 heavy (non-hydrogen) atoms. The molecule has 1 spiro atoms. The van der Waals surface area contributed by atoms with Crippen molar-refractivity contribution in [3.8, 4) is 17.0 Å². The lowest BCUT2D eigenvalue weighted by Gasteiger charge is -2.46. The van der Waals surface area contributed by atoms with E-state index in [0.717, 1.165) is 38.9 Å². The summed E-state index contributed by atoms with van der Waals surface area (Å²) in [7, 11) is 1.49. The van der Waals surface area contributed by atoms with Crippen LogP contribution in [0.15, 0.2) is 29.5 Å². The van der Waals surface area contributed by atoms with E-state index >= 15 is 4.39 Å². The Morgan fingerprint density at radius 1 is 1.34 bits per heavy atom. The summed E-state index contributed by atoms with van der Waals surface area (Å²) in [5.74, 6) is 0.117. The number of halogens is 2. The van der Waals surface area contributed by atoms with Crippen molar-refractivity contribution in [2.75, 3.05) is 37.5 Å². The van der Waals surface area contributed by atoms with Crippen LogP contribution in [-0.2, 0) is 4.74 Å². The molecule has 0 bridgehead atoms. The van der Waals surface area contributed by atoms with Crippen molar-refractivity contribution in [2.24, 2.45) is 10.5 Å². The zero-order chi connectivity index (χ0) is 24.6. The number of benzene rings is 1. The minimum atomic E-state index is -1.10. The molecule has 5 rings (SSSR count). The summed E-state index contributed by atoms with van der Waals surface area (Å²) in [6.07, 6.45) is 4.40. The van der Waals surface area contributed by atoms with E-state index in [2.05, 4.69) is 25.8 Å². The van der Waals surface area contributed by atoms with Crippen molar-refractivity contribution in [1.29, 1.82) is 5.53 Å². The van der Waals surface area contributed by atoms with Crippen LogP contribution in [0.5, 0.6) is 5.88 Å². The summed E-state index contributed by atoms with van der Waals surface area (Å²) in [4.78, 5) is 4.53. The first-order valence-corrected chi connectivity index (χ1v) is 11.8. The molecule has 3 N–H and O–H groups in total. The van der Waals surface area contributed by atoms with E-state index in [9.17, 15) is 4.39 Å². The van der Waals surface area contributed by atoms with Gasteiger partial charge >= 0.3 is 0 Å². The Bertz CT molecular complexity index is 1230. The van der Waals surface area contributed by atoms with Crippen LogP contribution >= 0.6 is 0 Å². The molecule has 3 heterocycles. The fraction of sp³-hybridized carbons (Fsp3) is 0.500. The van der Waals surface area contributed by atoms with Crippen LogP contribution in [-0.4, -0.2) is 53.7 Å². The molecule has 9 nitrogen and oxygen atoms in total. The average molecular weight is 486 g/mol. The van der Waals surface area contributed by atoms with Gasteiger partial charge in [-0.2, -0.15) is 10.1 Å². The van der Waals surface area contributed by atoms with Crippen molar-refractivity contribution >= 4 is 22.8 Å². The van der Waals surface area contributed by atoms with E-state index in [1.165, 1.54) is 24.7 Å². The zero-order valence-electron chi connectivity index (χ0n) is 19.8. The number of alkyl halides is 1. The van der Waals surface area contributed by atoms with Crippen molar-refractivity contribution in [2.45, 2.75) is 44.8 Å². The van der Waals surface area contributed by atoms with Gasteiger partial charge in [0, 0.05) is 18.0 Å². The van der Waals surface area contributed by atoms with Crippen LogP contribution in [0.25, 0.3) is 16.6 Å². The summed E-state index contributed by atoms with van der Waals surface area (Å²) < 4.78 is 41.0. The second kappa shape index (κ2) is 9.37. The number of aromatic nitrogens is 3. The molecule has 1 saturated heterocycles. The Morgan fingerprint density at radius 2 is 2.11 bits per heavy atom. The van der Waals surface area contributed by atoms with Gasteiger partial charge in [-0.1, -0.05) is 6.07 Å². The van der Waals surface area contributed by atoms with Crippen LogP contribution in [0.3, 0.4) is 0 Å². The summed E-state index contributed by atoms with van der Waals surface area (Å²) in [5, 5.41) is 14.3. The van der Waals surface area contributed by atoms with Gasteiger partial charge in [-0.3, -0.25) is 0 Å². The Kier molecular flexibility index (Phi) is 6.26. The minimum absolute atomic E-state index is 0.0434. The first kappa shape index (κ1) is 23.4. The zero-order valence-corrected chi connectivity index (χ0v) is 19.8. The predicted molar refractivity (Wildman–Crippen MR) is 128 cm³/mol. The van der Waals surface area contributed by atoms with Gasteiger partial charge in [-0.15, -0.1) is 5.10 Å². The number of nitrogens with zero attached hydrogens (tertiary/aromatic N) is 4. The van der Waals surface area contributed by atoms with Gasteiger partial charge in [0.25, 0.3) is 0 Å². The second-order valence-electron chi connectivity index (χ2n) is 9.51. The molecule has 186 valence electrons. The first-order chi connectivity index (χ1) is 16.9. The molecular weight excluding hydrogens is 456 g/mol. The molecular formula is C24H29F2N7O2. The van der Waals surface area contributed by atoms with Gasteiger partial charge in [-0.05, 0) is 50.3 Å². The Morgan fingerprint density at radius 3 is 2.74 bits per heavy atom. The molecule has 1 aliphatic heterocycles. The smallest absolute Gasteiger partial charge is 0.244 e. The maximum Gasteiger partial charge on any atom is 0.244 e. The highest BCUT2D eigenvalue weighted by molar-refractivity contribution is 5.88. The number of nitrogens with one attached hydrogen (secondary N) is 3. The third kappa shape index (κ3) is 4.52. The topological polar surface area (TPSA) is 109 Å². The van der Waals surface area contributed by atoms with E-state index < -0.39 is 12.0 Å². The summed E-state index contributed by atoms with van der Waals surface area (Å²) >= 11 is 0. The van der Waals surface area contributed by atoms with E-state index in [0.29, 0.717) is 33.8 Å². The molecule has 2 aliphatic rings. The van der Waals surface area contributed by atoms with Crippen molar-refractivity contribution in [3.63, 3.8) is 0 Å². The molecule has 1 aliphatic carbocycles. The molecule has 2 fully saturated rings. The lowest BCUT2D eigenvalue weighted by molar-refractivity contribution is -0.131. The molecule has 0 unspecified atom stereocenters. The van der Waals surface area contributed by atoms with Gasteiger partial charge < -0.3 is 20.1 Å². The third-order valence-electron chi connectivity index (χ3n) is 6.92. The fourth-order valence-electron chi connectivity index (χ4n) is 4.92. The number of rotatable bonds is 8. The van der Waals surface area contributed by atoms with Gasteiger partial charge in [0.2, 0.25) is 11.8 Å². The minimum Gasteiger partial charge on any atom is -0.479 e. The van der Waals surface area contributed by atoms with Crippen molar-refractivity contribution in [3.05, 3.63) is 30.2 Å². The SMILES string of the molecule is COc1nc(NC2CCC3(CC2)COC3)nn2cc(F)c(-c3ccc(N=N)c(NC[C@@H](C)F)c3)c12. The number of anilines is 2. The number of fused-ring (bicyclic) bond motifs is 1. The Hall–Kier alpha value is -3.34. The third-order valence-corrected chi connectivity index (χ3v) is 6.92. The maximum atomic E-state index is 15.2. The summed E-state index contributed by atoms with van der Waals surface area (Å²) in [6.45, 7) is 3.17. The van der Waals surface area contributed by atoms with Crippen molar-refractivity contribution in [1.82, 2.24) is 14.6 Å². The van der Waals surface area contributed by atoms with Crippen LogP contribution in [0.4, 0.5) is 26.1 Å². The van der Waals surface area contributed by atoms with Gasteiger partial charge in [0.15, 0.2) is 5.82 Å². The monoisotopic (exact) mass is 485 g/mol. The Labute approximate surface area is 201 Å². The summed E-state index contributed by atoms with van der Waals surface area (Å²) in [6, 6.07) is 5.12. The molecule has 0 amide bonds. The van der Waals surface area contributed by atoms with Crippen LogP contribution in [0, 0.1) is 16.8 Å². The van der Waals surface area contributed by atoms with Crippen LogP contribution in [0.2, 0.25) is 0 Å². The lowest BCUT2D eigenvalue weighted by Crippen LogP contribution is -2.47. The maximum absolute atomic E-state index is 15.2. The largest absolute Gasteiger partial charge is 0.479 e. The summed E-state index contributed by atoms with van der Waals surface area (Å²) in [5.41, 5.74) is 9.63. The fourth-order valence-corrected chi connectivity index (χ4v) is 4.92. The Balaban J connectivity index is 1.46. The van der Waals surface area contributed by atoms with E-state index in [1.54, 1.807) is 18.2 Å². The average Bonchev–Trinajstić information content (AvgIpc) is 3.17.